The number of halogens is 1. The molecule has 0 amide bonds. The van der Waals surface area contributed by atoms with E-state index in [-0.39, 0.29) is 12.8 Å². The Morgan fingerprint density at radius 3 is 2.78 bits per heavy atom. The average Bonchev–Trinajstić information content (AvgIpc) is 1.86. The van der Waals surface area contributed by atoms with Crippen molar-refractivity contribution in [3.63, 3.8) is 0 Å². The standard InChI is InChI=1S/C6H13FN2/c7-3-1-4-9-5-2-6(9)8/h6H,1-5,8H2. The smallest absolute Gasteiger partial charge is 0.0906 e. The Bertz CT molecular complexity index is 87.1. The Morgan fingerprint density at radius 2 is 2.44 bits per heavy atom. The number of alkyl halides is 1. The van der Waals surface area contributed by atoms with Gasteiger partial charge in [-0.3, -0.25) is 9.29 Å². The highest BCUT2D eigenvalue weighted by Gasteiger charge is 2.22. The molecular formula is C6H13FN2. The zero-order valence-electron chi connectivity index (χ0n) is 5.52. The third-order valence-corrected chi connectivity index (χ3v) is 1.76. The molecule has 1 aliphatic heterocycles. The van der Waals surface area contributed by atoms with Crippen molar-refractivity contribution >= 4 is 0 Å². The van der Waals surface area contributed by atoms with Gasteiger partial charge in [0.25, 0.3) is 0 Å². The van der Waals surface area contributed by atoms with Crippen molar-refractivity contribution < 1.29 is 4.39 Å². The molecule has 0 aromatic heterocycles. The maximum Gasteiger partial charge on any atom is 0.0906 e. The summed E-state index contributed by atoms with van der Waals surface area (Å²) >= 11 is 0. The van der Waals surface area contributed by atoms with Gasteiger partial charge in [-0.25, -0.2) is 0 Å². The average molecular weight is 132 g/mol. The molecule has 0 radical (unpaired) electrons. The molecule has 2 N–H and O–H groups in total. The van der Waals surface area contributed by atoms with E-state index >= 15 is 0 Å². The number of nitrogens with zero attached hydrogens (tertiary/aromatic N) is 1. The van der Waals surface area contributed by atoms with Crippen LogP contribution in [0.15, 0.2) is 0 Å². The van der Waals surface area contributed by atoms with Gasteiger partial charge in [-0.1, -0.05) is 0 Å². The molecule has 2 nitrogen and oxygen atoms in total. The Balaban J connectivity index is 1.99. The van der Waals surface area contributed by atoms with Crippen molar-refractivity contribution in [2.24, 2.45) is 5.73 Å². The molecule has 0 spiro atoms. The first-order valence-corrected chi connectivity index (χ1v) is 3.40. The minimum absolute atomic E-state index is 0.219. The van der Waals surface area contributed by atoms with E-state index in [1.165, 1.54) is 0 Å². The van der Waals surface area contributed by atoms with Gasteiger partial charge in [0.2, 0.25) is 0 Å². The lowest BCUT2D eigenvalue weighted by Gasteiger charge is -2.37. The molecule has 1 unspecified atom stereocenters. The lowest BCUT2D eigenvalue weighted by Crippen LogP contribution is -2.53. The van der Waals surface area contributed by atoms with Crippen LogP contribution < -0.4 is 5.73 Å². The Kier molecular flexibility index (Phi) is 2.42. The highest BCUT2D eigenvalue weighted by Crippen LogP contribution is 2.11. The Hall–Kier alpha value is -0.150. The van der Waals surface area contributed by atoms with E-state index in [0.29, 0.717) is 6.42 Å². The zero-order chi connectivity index (χ0) is 6.69. The lowest BCUT2D eigenvalue weighted by atomic mass is 10.1. The van der Waals surface area contributed by atoms with E-state index < -0.39 is 0 Å². The monoisotopic (exact) mass is 132 g/mol. The summed E-state index contributed by atoms with van der Waals surface area (Å²) in [4.78, 5) is 2.10. The van der Waals surface area contributed by atoms with Crippen LogP contribution in [0.1, 0.15) is 12.8 Å². The summed E-state index contributed by atoms with van der Waals surface area (Å²) in [6, 6.07) is 0. The fraction of sp³-hybridized carbons (Fsp3) is 1.00. The fourth-order valence-electron chi connectivity index (χ4n) is 1.00. The summed E-state index contributed by atoms with van der Waals surface area (Å²) in [5, 5.41) is 0. The highest BCUT2D eigenvalue weighted by molar-refractivity contribution is 4.76. The van der Waals surface area contributed by atoms with Crippen LogP contribution in [0.25, 0.3) is 0 Å². The molecule has 0 aromatic rings. The third-order valence-electron chi connectivity index (χ3n) is 1.76. The molecule has 54 valence electrons. The van der Waals surface area contributed by atoms with Crippen LogP contribution in [-0.2, 0) is 0 Å². The van der Waals surface area contributed by atoms with Crippen molar-refractivity contribution in [1.29, 1.82) is 0 Å². The van der Waals surface area contributed by atoms with Crippen molar-refractivity contribution in [3.05, 3.63) is 0 Å². The van der Waals surface area contributed by atoms with Gasteiger partial charge in [0.15, 0.2) is 0 Å². The maximum absolute atomic E-state index is 11.6. The molecule has 1 aliphatic rings. The van der Waals surface area contributed by atoms with Crippen LogP contribution in [0, 0.1) is 0 Å². The minimum atomic E-state index is -0.219. The first-order valence-electron chi connectivity index (χ1n) is 3.40. The Morgan fingerprint density at radius 1 is 1.67 bits per heavy atom. The SMILES string of the molecule is NC1CCN1CCCF. The molecule has 1 rings (SSSR count). The number of hydrogen-bond donors (Lipinski definition) is 1. The van der Waals surface area contributed by atoms with E-state index in [1.807, 2.05) is 0 Å². The number of likely N-dealkylation sites (tertiary alicyclic amines) is 1. The summed E-state index contributed by atoms with van der Waals surface area (Å²) in [5.74, 6) is 0. The molecule has 0 saturated carbocycles. The first kappa shape index (κ1) is 6.96. The summed E-state index contributed by atoms with van der Waals surface area (Å²) < 4.78 is 11.6. The number of hydrogen-bond acceptors (Lipinski definition) is 2. The predicted molar refractivity (Wildman–Crippen MR) is 34.8 cm³/mol. The third kappa shape index (κ3) is 1.63. The summed E-state index contributed by atoms with van der Waals surface area (Å²) in [6.07, 6.45) is 1.93. The van der Waals surface area contributed by atoms with Crippen molar-refractivity contribution in [3.8, 4) is 0 Å². The van der Waals surface area contributed by atoms with Gasteiger partial charge >= 0.3 is 0 Å². The van der Waals surface area contributed by atoms with Gasteiger partial charge in [-0.15, -0.1) is 0 Å². The van der Waals surface area contributed by atoms with Gasteiger partial charge in [0.05, 0.1) is 12.8 Å². The van der Waals surface area contributed by atoms with Crippen LogP contribution in [0.3, 0.4) is 0 Å². The van der Waals surface area contributed by atoms with E-state index in [2.05, 4.69) is 4.90 Å². The molecule has 0 aromatic carbocycles. The van der Waals surface area contributed by atoms with Crippen molar-refractivity contribution in [2.45, 2.75) is 19.0 Å². The summed E-state index contributed by atoms with van der Waals surface area (Å²) in [7, 11) is 0. The second-order valence-electron chi connectivity index (χ2n) is 2.43. The van der Waals surface area contributed by atoms with Crippen LogP contribution >= 0.6 is 0 Å². The Labute approximate surface area is 54.8 Å². The molecular weight excluding hydrogens is 119 g/mol. The molecule has 1 atom stereocenters. The fourth-order valence-corrected chi connectivity index (χ4v) is 1.00. The molecule has 1 heterocycles. The van der Waals surface area contributed by atoms with Gasteiger partial charge in [-0.2, -0.15) is 0 Å². The van der Waals surface area contributed by atoms with E-state index in [9.17, 15) is 4.39 Å². The minimum Gasteiger partial charge on any atom is -0.316 e. The number of nitrogens with two attached hydrogens (primary N) is 1. The van der Waals surface area contributed by atoms with Gasteiger partial charge in [0, 0.05) is 13.1 Å². The maximum atomic E-state index is 11.6. The van der Waals surface area contributed by atoms with Crippen LogP contribution in [0.4, 0.5) is 4.39 Å². The predicted octanol–water partition coefficient (Wildman–Crippen LogP) is 0.336. The van der Waals surface area contributed by atoms with Crippen molar-refractivity contribution in [1.82, 2.24) is 4.90 Å². The largest absolute Gasteiger partial charge is 0.316 e. The summed E-state index contributed by atoms with van der Waals surface area (Å²) in [6.45, 7) is 1.67. The second-order valence-corrected chi connectivity index (χ2v) is 2.43. The highest BCUT2D eigenvalue weighted by atomic mass is 19.1. The molecule has 9 heavy (non-hydrogen) atoms. The van der Waals surface area contributed by atoms with Crippen LogP contribution in [0.5, 0.6) is 0 Å². The number of rotatable bonds is 3. The van der Waals surface area contributed by atoms with Crippen LogP contribution in [0.2, 0.25) is 0 Å². The lowest BCUT2D eigenvalue weighted by molar-refractivity contribution is 0.0917. The molecule has 1 saturated heterocycles. The van der Waals surface area contributed by atoms with E-state index in [4.69, 9.17) is 5.73 Å². The molecule has 1 fully saturated rings. The summed E-state index contributed by atoms with van der Waals surface area (Å²) in [5.41, 5.74) is 5.57. The van der Waals surface area contributed by atoms with Gasteiger partial charge < -0.3 is 5.73 Å². The van der Waals surface area contributed by atoms with Crippen molar-refractivity contribution in [2.75, 3.05) is 19.8 Å². The van der Waals surface area contributed by atoms with E-state index in [1.54, 1.807) is 0 Å². The first-order chi connectivity index (χ1) is 4.34. The quantitative estimate of drug-likeness (QED) is 0.600. The second kappa shape index (κ2) is 3.13. The topological polar surface area (TPSA) is 29.3 Å². The van der Waals surface area contributed by atoms with Gasteiger partial charge in [0.1, 0.15) is 0 Å². The molecule has 0 aliphatic carbocycles. The zero-order valence-corrected chi connectivity index (χ0v) is 5.52. The molecule has 0 bridgehead atoms. The van der Waals surface area contributed by atoms with E-state index in [0.717, 1.165) is 19.5 Å². The van der Waals surface area contributed by atoms with Crippen LogP contribution in [-0.4, -0.2) is 30.8 Å². The molecule has 3 heteroatoms. The normalized spacial score (nSPS) is 28.0. The van der Waals surface area contributed by atoms with Gasteiger partial charge in [-0.05, 0) is 12.8 Å².